The van der Waals surface area contributed by atoms with E-state index < -0.39 is 0 Å². The first kappa shape index (κ1) is 25.0. The molecular weight excluding hydrogens is 488 g/mol. The monoisotopic (exact) mass is 518 g/mol. The Morgan fingerprint density at radius 2 is 1.00 bits per heavy atom. The van der Waals surface area contributed by atoms with Crippen LogP contribution < -0.4 is 15.8 Å². The average Bonchev–Trinajstić information content (AvgIpc) is 3.02. The lowest BCUT2D eigenvalue weighted by atomic mass is 9.99. The fourth-order valence-electron chi connectivity index (χ4n) is 4.78. The summed E-state index contributed by atoms with van der Waals surface area (Å²) in [5.41, 5.74) is 17.0. The minimum absolute atomic E-state index is 0.482. The van der Waals surface area contributed by atoms with Crippen molar-refractivity contribution in [1.82, 2.24) is 0 Å². The molecule has 0 fully saturated rings. The number of nitrogens with one attached hydrogen (secondary N) is 1. The Morgan fingerprint density at radius 1 is 0.475 bits per heavy atom. The van der Waals surface area contributed by atoms with E-state index in [0.717, 1.165) is 16.9 Å². The number of nitrogen functional groups attached to an aromatic ring is 1. The molecular formula is C37H30N2O. The van der Waals surface area contributed by atoms with Gasteiger partial charge >= 0.3 is 0 Å². The van der Waals surface area contributed by atoms with E-state index in [-0.39, 0.29) is 0 Å². The number of para-hydroxylation sites is 3. The zero-order chi connectivity index (χ0) is 27.1. The van der Waals surface area contributed by atoms with Crippen molar-refractivity contribution in [1.29, 1.82) is 0 Å². The van der Waals surface area contributed by atoms with Crippen LogP contribution in [-0.2, 0) is 6.61 Å². The first-order chi connectivity index (χ1) is 19.7. The Morgan fingerprint density at radius 3 is 1.65 bits per heavy atom. The number of anilines is 3. The lowest BCUT2D eigenvalue weighted by molar-refractivity contribution is 0.308. The zero-order valence-electron chi connectivity index (χ0n) is 22.1. The highest BCUT2D eigenvalue weighted by Gasteiger charge is 2.06. The van der Waals surface area contributed by atoms with Gasteiger partial charge in [0.25, 0.3) is 0 Å². The minimum atomic E-state index is 0.482. The van der Waals surface area contributed by atoms with Crippen molar-refractivity contribution in [2.24, 2.45) is 0 Å². The van der Waals surface area contributed by atoms with E-state index in [1.165, 1.54) is 33.4 Å². The van der Waals surface area contributed by atoms with Gasteiger partial charge in [-0.05, 0) is 63.7 Å². The Labute approximate surface area is 235 Å². The van der Waals surface area contributed by atoms with Crippen LogP contribution >= 0.6 is 0 Å². The number of hydrogen-bond donors (Lipinski definition) is 2. The van der Waals surface area contributed by atoms with E-state index in [9.17, 15) is 0 Å². The highest BCUT2D eigenvalue weighted by molar-refractivity contribution is 5.81. The molecule has 3 heteroatoms. The third-order valence-electron chi connectivity index (χ3n) is 6.99. The van der Waals surface area contributed by atoms with Crippen LogP contribution in [0, 0.1) is 0 Å². The summed E-state index contributed by atoms with van der Waals surface area (Å²) in [7, 11) is 0. The van der Waals surface area contributed by atoms with Crippen molar-refractivity contribution < 1.29 is 4.74 Å². The Bertz CT molecular complexity index is 1690. The van der Waals surface area contributed by atoms with Gasteiger partial charge in [0.15, 0.2) is 0 Å². The van der Waals surface area contributed by atoms with E-state index in [4.69, 9.17) is 10.5 Å². The Hall–Kier alpha value is -5.28. The fraction of sp³-hybridized carbons (Fsp3) is 0.0270. The molecule has 6 aromatic rings. The number of benzene rings is 6. The van der Waals surface area contributed by atoms with Crippen molar-refractivity contribution in [3.05, 3.63) is 157 Å². The first-order valence-corrected chi connectivity index (χ1v) is 13.4. The SMILES string of the molecule is Nc1ccccc1OCc1ccc(-c2ccc(-c3ccc(Nc4ccccc4-c4ccccc4)cc3)cc2)cc1. The molecule has 6 rings (SSSR count). The van der Waals surface area contributed by atoms with Crippen LogP contribution in [0.5, 0.6) is 5.75 Å². The molecule has 0 saturated heterocycles. The molecule has 6 aromatic carbocycles. The second kappa shape index (κ2) is 11.6. The summed E-state index contributed by atoms with van der Waals surface area (Å²) in [6.07, 6.45) is 0. The van der Waals surface area contributed by atoms with Crippen molar-refractivity contribution in [2.45, 2.75) is 6.61 Å². The lowest BCUT2D eigenvalue weighted by Gasteiger charge is -2.13. The minimum Gasteiger partial charge on any atom is -0.487 e. The van der Waals surface area contributed by atoms with Crippen LogP contribution in [-0.4, -0.2) is 0 Å². The number of hydrogen-bond acceptors (Lipinski definition) is 3. The molecule has 0 aliphatic heterocycles. The third kappa shape index (κ3) is 5.74. The standard InChI is InChI=1S/C37H30N2O/c38-35-11-5-7-13-37(35)40-26-27-14-16-28(17-15-27)29-18-20-30(21-19-29)31-22-24-33(25-23-31)39-36-12-6-4-10-34(36)32-8-2-1-3-9-32/h1-25,39H,26,38H2. The molecule has 0 amide bonds. The molecule has 194 valence electrons. The highest BCUT2D eigenvalue weighted by atomic mass is 16.5. The van der Waals surface area contributed by atoms with E-state index >= 15 is 0 Å². The normalized spacial score (nSPS) is 10.7. The van der Waals surface area contributed by atoms with Crippen LogP contribution in [0.25, 0.3) is 33.4 Å². The molecule has 0 radical (unpaired) electrons. The second-order valence-corrected chi connectivity index (χ2v) is 9.71. The van der Waals surface area contributed by atoms with E-state index in [1.807, 2.05) is 30.3 Å². The first-order valence-electron chi connectivity index (χ1n) is 13.4. The highest BCUT2D eigenvalue weighted by Crippen LogP contribution is 2.31. The largest absolute Gasteiger partial charge is 0.487 e. The summed E-state index contributed by atoms with van der Waals surface area (Å²) in [5.74, 6) is 0.711. The van der Waals surface area contributed by atoms with Gasteiger partial charge < -0.3 is 15.8 Å². The van der Waals surface area contributed by atoms with Crippen molar-refractivity contribution in [3.63, 3.8) is 0 Å². The van der Waals surface area contributed by atoms with Gasteiger partial charge in [0.1, 0.15) is 12.4 Å². The molecule has 3 N–H and O–H groups in total. The summed E-state index contributed by atoms with van der Waals surface area (Å²) in [6, 6.07) is 52.2. The molecule has 0 aromatic heterocycles. The maximum atomic E-state index is 5.97. The summed E-state index contributed by atoms with van der Waals surface area (Å²) in [4.78, 5) is 0. The summed E-state index contributed by atoms with van der Waals surface area (Å²) in [5, 5.41) is 3.59. The molecule has 0 saturated carbocycles. The van der Waals surface area contributed by atoms with Gasteiger partial charge in [0.2, 0.25) is 0 Å². The smallest absolute Gasteiger partial charge is 0.142 e. The quantitative estimate of drug-likeness (QED) is 0.197. The van der Waals surface area contributed by atoms with Crippen molar-refractivity contribution in [3.8, 4) is 39.1 Å². The number of ether oxygens (including phenoxy) is 1. The van der Waals surface area contributed by atoms with Crippen LogP contribution in [0.2, 0.25) is 0 Å². The molecule has 0 spiro atoms. The topological polar surface area (TPSA) is 47.3 Å². The van der Waals surface area contributed by atoms with Crippen LogP contribution in [0.1, 0.15) is 5.56 Å². The van der Waals surface area contributed by atoms with Crippen LogP contribution in [0.15, 0.2) is 152 Å². The Balaban J connectivity index is 1.11. The average molecular weight is 519 g/mol. The van der Waals surface area contributed by atoms with Gasteiger partial charge in [0.05, 0.1) is 5.69 Å². The number of rotatable bonds is 8. The summed E-state index contributed by atoms with van der Waals surface area (Å²) < 4.78 is 5.87. The lowest BCUT2D eigenvalue weighted by Crippen LogP contribution is -1.98. The van der Waals surface area contributed by atoms with Gasteiger partial charge in [-0.25, -0.2) is 0 Å². The maximum absolute atomic E-state index is 5.97. The van der Waals surface area contributed by atoms with Crippen molar-refractivity contribution >= 4 is 17.1 Å². The third-order valence-corrected chi connectivity index (χ3v) is 6.99. The fourth-order valence-corrected chi connectivity index (χ4v) is 4.78. The molecule has 0 aliphatic rings. The summed E-state index contributed by atoms with van der Waals surface area (Å²) >= 11 is 0. The number of nitrogens with two attached hydrogens (primary N) is 1. The molecule has 0 atom stereocenters. The van der Waals surface area contributed by atoms with Crippen LogP contribution in [0.3, 0.4) is 0 Å². The maximum Gasteiger partial charge on any atom is 0.142 e. The van der Waals surface area contributed by atoms with Crippen molar-refractivity contribution in [2.75, 3.05) is 11.1 Å². The van der Waals surface area contributed by atoms with E-state index in [2.05, 4.69) is 127 Å². The van der Waals surface area contributed by atoms with Gasteiger partial charge in [-0.1, -0.05) is 121 Å². The summed E-state index contributed by atoms with van der Waals surface area (Å²) in [6.45, 7) is 0.482. The van der Waals surface area contributed by atoms with E-state index in [0.29, 0.717) is 18.0 Å². The molecule has 0 unspecified atom stereocenters. The molecule has 0 bridgehead atoms. The molecule has 0 heterocycles. The van der Waals surface area contributed by atoms with E-state index in [1.54, 1.807) is 0 Å². The zero-order valence-corrected chi connectivity index (χ0v) is 22.1. The molecule has 3 nitrogen and oxygen atoms in total. The predicted octanol–water partition coefficient (Wildman–Crippen LogP) is 9.59. The van der Waals surface area contributed by atoms with Gasteiger partial charge in [-0.15, -0.1) is 0 Å². The van der Waals surface area contributed by atoms with Gasteiger partial charge in [-0.2, -0.15) is 0 Å². The van der Waals surface area contributed by atoms with Crippen LogP contribution in [0.4, 0.5) is 17.1 Å². The van der Waals surface area contributed by atoms with Gasteiger partial charge in [-0.3, -0.25) is 0 Å². The Kier molecular flexibility index (Phi) is 7.27. The molecule has 0 aliphatic carbocycles. The predicted molar refractivity (Wildman–Crippen MR) is 168 cm³/mol. The van der Waals surface area contributed by atoms with Gasteiger partial charge in [0, 0.05) is 16.9 Å². The second-order valence-electron chi connectivity index (χ2n) is 9.71. The molecule has 40 heavy (non-hydrogen) atoms.